The zero-order valence-electron chi connectivity index (χ0n) is 14.1. The van der Waals surface area contributed by atoms with E-state index in [9.17, 15) is 4.79 Å². The van der Waals surface area contributed by atoms with E-state index >= 15 is 0 Å². The summed E-state index contributed by atoms with van der Waals surface area (Å²) >= 11 is 0. The Balaban J connectivity index is 2.55. The first-order chi connectivity index (χ1) is 9.81. The second-order valence-electron chi connectivity index (χ2n) is 6.42. The van der Waals surface area contributed by atoms with E-state index in [0.717, 1.165) is 12.2 Å². The van der Waals surface area contributed by atoms with Gasteiger partial charge in [0.1, 0.15) is 6.54 Å². The number of carbonyl (C=O) groups is 1. The Morgan fingerprint density at radius 1 is 1.24 bits per heavy atom. The van der Waals surface area contributed by atoms with Gasteiger partial charge in [0, 0.05) is 18.6 Å². The third-order valence-corrected chi connectivity index (χ3v) is 3.14. The van der Waals surface area contributed by atoms with Crippen molar-refractivity contribution in [1.82, 2.24) is 25.2 Å². The van der Waals surface area contributed by atoms with Gasteiger partial charge in [-0.25, -0.2) is 4.68 Å². The highest BCUT2D eigenvalue weighted by Gasteiger charge is 2.20. The molecule has 0 atom stereocenters. The van der Waals surface area contributed by atoms with Crippen molar-refractivity contribution in [2.45, 2.75) is 66.7 Å². The number of nitrogens with zero attached hydrogens (tertiary/aromatic N) is 4. The van der Waals surface area contributed by atoms with Crippen molar-refractivity contribution >= 4 is 5.91 Å². The highest BCUT2D eigenvalue weighted by atomic mass is 16.2. The van der Waals surface area contributed by atoms with Gasteiger partial charge >= 0.3 is 0 Å². The Hall–Kier alpha value is -1.43. The number of carbonyl (C=O) groups excluding carboxylic acids is 1. The molecule has 0 aliphatic heterocycles. The van der Waals surface area contributed by atoms with Crippen molar-refractivity contribution < 1.29 is 4.79 Å². The van der Waals surface area contributed by atoms with Crippen LogP contribution in [0, 0.1) is 5.92 Å². The molecule has 0 saturated carbocycles. The van der Waals surface area contributed by atoms with E-state index in [2.05, 4.69) is 29.5 Å². The smallest absolute Gasteiger partial charge is 0.244 e. The van der Waals surface area contributed by atoms with Gasteiger partial charge in [0.2, 0.25) is 5.91 Å². The van der Waals surface area contributed by atoms with Gasteiger partial charge in [-0.05, 0) is 40.2 Å². The number of hydrogen-bond acceptors (Lipinski definition) is 4. The molecule has 0 saturated heterocycles. The molecule has 6 nitrogen and oxygen atoms in total. The van der Waals surface area contributed by atoms with Crippen molar-refractivity contribution in [2.75, 3.05) is 6.54 Å². The highest BCUT2D eigenvalue weighted by molar-refractivity contribution is 5.76. The van der Waals surface area contributed by atoms with Crippen molar-refractivity contribution in [3.63, 3.8) is 0 Å². The largest absolute Gasteiger partial charge is 0.336 e. The quantitative estimate of drug-likeness (QED) is 0.792. The first-order valence-electron chi connectivity index (χ1n) is 7.72. The van der Waals surface area contributed by atoms with Gasteiger partial charge in [-0.1, -0.05) is 19.1 Å². The van der Waals surface area contributed by atoms with E-state index in [1.165, 1.54) is 0 Å². The van der Waals surface area contributed by atoms with Crippen LogP contribution in [0.2, 0.25) is 0 Å². The van der Waals surface area contributed by atoms with Crippen LogP contribution in [0.25, 0.3) is 0 Å². The summed E-state index contributed by atoms with van der Waals surface area (Å²) in [6, 6.07) is 0.376. The van der Waals surface area contributed by atoms with Crippen molar-refractivity contribution in [1.29, 1.82) is 0 Å². The molecule has 1 aromatic heterocycles. The Morgan fingerprint density at radius 2 is 1.86 bits per heavy atom. The molecule has 0 aliphatic rings. The Morgan fingerprint density at radius 3 is 2.38 bits per heavy atom. The van der Waals surface area contributed by atoms with Crippen LogP contribution in [-0.4, -0.2) is 44.4 Å². The standard InChI is InChI=1S/C15H29N5O/c1-11(2)7-16-8-14-9-19(18-17-14)10-15(21)20(12(3)4)13(5)6/h9,11-13,16H,7-8,10H2,1-6H3. The predicted molar refractivity (Wildman–Crippen MR) is 83.7 cm³/mol. The lowest BCUT2D eigenvalue weighted by Gasteiger charge is -2.30. The van der Waals surface area contributed by atoms with Gasteiger partial charge in [-0.15, -0.1) is 5.10 Å². The maximum atomic E-state index is 12.3. The molecule has 0 fully saturated rings. The lowest BCUT2D eigenvalue weighted by molar-refractivity contribution is -0.135. The average molecular weight is 295 g/mol. The summed E-state index contributed by atoms with van der Waals surface area (Å²) in [6.07, 6.45) is 1.84. The topological polar surface area (TPSA) is 63.1 Å². The van der Waals surface area contributed by atoms with Crippen LogP contribution in [0.1, 0.15) is 47.2 Å². The molecular weight excluding hydrogens is 266 g/mol. The molecule has 1 heterocycles. The predicted octanol–water partition coefficient (Wildman–Crippen LogP) is 1.67. The number of nitrogens with one attached hydrogen (secondary N) is 1. The SMILES string of the molecule is CC(C)CNCc1cn(CC(=O)N(C(C)C)C(C)C)nn1. The summed E-state index contributed by atoms with van der Waals surface area (Å²) in [4.78, 5) is 14.2. The van der Waals surface area contributed by atoms with Crippen LogP contribution in [0.15, 0.2) is 6.20 Å². The summed E-state index contributed by atoms with van der Waals surface area (Å²) < 4.78 is 1.62. The molecule has 6 heteroatoms. The third kappa shape index (κ3) is 5.83. The van der Waals surface area contributed by atoms with Gasteiger partial charge in [0.05, 0.1) is 11.9 Å². The summed E-state index contributed by atoms with van der Waals surface area (Å²) in [5.41, 5.74) is 0.865. The minimum atomic E-state index is 0.0755. The van der Waals surface area contributed by atoms with Crippen LogP contribution in [0.5, 0.6) is 0 Å². The van der Waals surface area contributed by atoms with Gasteiger partial charge in [-0.2, -0.15) is 0 Å². The summed E-state index contributed by atoms with van der Waals surface area (Å²) in [5.74, 6) is 0.679. The molecule has 1 N–H and O–H groups in total. The second-order valence-corrected chi connectivity index (χ2v) is 6.42. The van der Waals surface area contributed by atoms with Gasteiger partial charge in [0.15, 0.2) is 0 Å². The van der Waals surface area contributed by atoms with Crippen LogP contribution in [0.4, 0.5) is 0 Å². The van der Waals surface area contributed by atoms with Crippen LogP contribution in [0.3, 0.4) is 0 Å². The van der Waals surface area contributed by atoms with Crippen molar-refractivity contribution in [3.05, 3.63) is 11.9 Å². The van der Waals surface area contributed by atoms with E-state index in [1.54, 1.807) is 4.68 Å². The lowest BCUT2D eigenvalue weighted by Crippen LogP contribution is -2.43. The fourth-order valence-electron chi connectivity index (χ4n) is 2.38. The first-order valence-corrected chi connectivity index (χ1v) is 7.72. The summed E-state index contributed by atoms with van der Waals surface area (Å²) in [7, 11) is 0. The lowest BCUT2D eigenvalue weighted by atomic mass is 10.2. The van der Waals surface area contributed by atoms with E-state index in [4.69, 9.17) is 0 Å². The van der Waals surface area contributed by atoms with Crippen LogP contribution in [-0.2, 0) is 17.9 Å². The van der Waals surface area contributed by atoms with Gasteiger partial charge in [-0.3, -0.25) is 4.79 Å². The average Bonchev–Trinajstić information content (AvgIpc) is 2.74. The minimum absolute atomic E-state index is 0.0755. The Kier molecular flexibility index (Phi) is 6.81. The second kappa shape index (κ2) is 8.12. The zero-order valence-corrected chi connectivity index (χ0v) is 14.1. The van der Waals surface area contributed by atoms with Crippen molar-refractivity contribution in [3.8, 4) is 0 Å². The normalized spacial score (nSPS) is 11.7. The molecule has 21 heavy (non-hydrogen) atoms. The van der Waals surface area contributed by atoms with E-state index < -0.39 is 0 Å². The number of amides is 1. The monoisotopic (exact) mass is 295 g/mol. The molecule has 0 unspecified atom stereocenters. The molecule has 1 amide bonds. The molecule has 0 bridgehead atoms. The molecule has 1 rings (SSSR count). The Labute approximate surface area is 127 Å². The Bertz CT molecular complexity index is 431. The van der Waals surface area contributed by atoms with Crippen LogP contribution >= 0.6 is 0 Å². The molecule has 1 aromatic rings. The molecule has 120 valence electrons. The third-order valence-electron chi connectivity index (χ3n) is 3.14. The molecule has 0 radical (unpaired) electrons. The molecular formula is C15H29N5O. The number of rotatable bonds is 8. The van der Waals surface area contributed by atoms with E-state index in [0.29, 0.717) is 12.5 Å². The van der Waals surface area contributed by atoms with Gasteiger partial charge < -0.3 is 10.2 Å². The number of hydrogen-bond donors (Lipinski definition) is 1. The zero-order chi connectivity index (χ0) is 16.0. The summed E-state index contributed by atoms with van der Waals surface area (Å²) in [6.45, 7) is 14.3. The maximum absolute atomic E-state index is 12.3. The fourth-order valence-corrected chi connectivity index (χ4v) is 2.38. The van der Waals surface area contributed by atoms with E-state index in [-0.39, 0.29) is 24.5 Å². The van der Waals surface area contributed by atoms with Crippen molar-refractivity contribution in [2.24, 2.45) is 5.92 Å². The summed E-state index contributed by atoms with van der Waals surface area (Å²) in [5, 5.41) is 11.4. The van der Waals surface area contributed by atoms with E-state index in [1.807, 2.05) is 38.8 Å². The highest BCUT2D eigenvalue weighted by Crippen LogP contribution is 2.07. The fraction of sp³-hybridized carbons (Fsp3) is 0.800. The molecule has 0 spiro atoms. The number of aromatic nitrogens is 3. The molecule has 0 aromatic carbocycles. The van der Waals surface area contributed by atoms with Crippen LogP contribution < -0.4 is 5.32 Å². The first kappa shape index (κ1) is 17.6. The minimum Gasteiger partial charge on any atom is -0.336 e. The molecule has 0 aliphatic carbocycles. The van der Waals surface area contributed by atoms with Gasteiger partial charge in [0.25, 0.3) is 0 Å². The maximum Gasteiger partial charge on any atom is 0.244 e.